The number of hydrogen-bond acceptors (Lipinski definition) is 8. The molecular weight excluding hydrogens is 492 g/mol. The molecule has 36 heavy (non-hydrogen) atoms. The lowest BCUT2D eigenvalue weighted by Gasteiger charge is -2.24. The Bertz CT molecular complexity index is 1430. The van der Waals surface area contributed by atoms with Crippen molar-refractivity contribution in [2.24, 2.45) is 0 Å². The van der Waals surface area contributed by atoms with Crippen molar-refractivity contribution >= 4 is 35.1 Å². The number of ether oxygens (including phenoxy) is 1. The fourth-order valence-electron chi connectivity index (χ4n) is 3.96. The minimum atomic E-state index is -0.142. The maximum absolute atomic E-state index is 12.8. The zero-order valence-corrected chi connectivity index (χ0v) is 21.4. The normalized spacial score (nSPS) is 11.9. The molecule has 5 rings (SSSR count). The maximum atomic E-state index is 12.8. The Balaban J connectivity index is 1.46. The first-order valence-electron chi connectivity index (χ1n) is 11.3. The minimum Gasteiger partial charge on any atom is -0.436 e. The number of rotatable bonds is 7. The highest BCUT2D eigenvalue weighted by atomic mass is 32.2. The number of nitrogens with zero attached hydrogens (tertiary/aromatic N) is 3. The lowest BCUT2D eigenvalue weighted by Crippen LogP contribution is -2.16. The lowest BCUT2D eigenvalue weighted by atomic mass is 9.99. The Morgan fingerprint density at radius 1 is 1.11 bits per heavy atom. The molecule has 2 aromatic heterocycles. The number of anilines is 1. The van der Waals surface area contributed by atoms with Gasteiger partial charge in [0.1, 0.15) is 5.03 Å². The summed E-state index contributed by atoms with van der Waals surface area (Å²) in [7, 11) is 0. The summed E-state index contributed by atoms with van der Waals surface area (Å²) < 4.78 is 6.24. The molecule has 0 saturated carbocycles. The smallest absolute Gasteiger partial charge is 0.234 e. The molecule has 0 unspecified atom stereocenters. The standard InChI is InChI=1S/C27H24N4O3S2/c1-16-24-21(18(14-32)13-28-16)12-22-26(34-24)30-25(17-7-4-3-5-8-17)31-27(22)36-15-23(33)29-19-9-6-10-20(11-19)35-2/h3-11,13,32H,12,14-15H2,1-2H3,(H,29,33). The summed E-state index contributed by atoms with van der Waals surface area (Å²) in [6, 6.07) is 17.4. The zero-order chi connectivity index (χ0) is 25.1. The molecule has 2 aromatic carbocycles. The number of aliphatic hydroxyl groups excluding tert-OH is 1. The van der Waals surface area contributed by atoms with Crippen LogP contribution in [0.2, 0.25) is 0 Å². The van der Waals surface area contributed by atoms with Gasteiger partial charge < -0.3 is 15.2 Å². The Morgan fingerprint density at radius 3 is 2.72 bits per heavy atom. The summed E-state index contributed by atoms with van der Waals surface area (Å²) in [5.41, 5.74) is 4.71. The van der Waals surface area contributed by atoms with Crippen LogP contribution in [0.3, 0.4) is 0 Å². The van der Waals surface area contributed by atoms with Crippen molar-refractivity contribution in [3.63, 3.8) is 0 Å². The second-order valence-electron chi connectivity index (χ2n) is 8.18. The first-order valence-corrected chi connectivity index (χ1v) is 13.6. The second-order valence-corrected chi connectivity index (χ2v) is 10.0. The molecule has 182 valence electrons. The van der Waals surface area contributed by atoms with E-state index in [0.29, 0.717) is 34.5 Å². The third-order valence-electron chi connectivity index (χ3n) is 5.78. The summed E-state index contributed by atoms with van der Waals surface area (Å²) >= 11 is 2.97. The molecule has 3 heterocycles. The van der Waals surface area contributed by atoms with Crippen LogP contribution in [-0.4, -0.2) is 38.0 Å². The minimum absolute atomic E-state index is 0.125. The number of benzene rings is 2. The quantitative estimate of drug-likeness (QED) is 0.217. The third-order valence-corrected chi connectivity index (χ3v) is 7.53. The van der Waals surface area contributed by atoms with Crippen molar-refractivity contribution in [1.29, 1.82) is 0 Å². The van der Waals surface area contributed by atoms with E-state index < -0.39 is 0 Å². The summed E-state index contributed by atoms with van der Waals surface area (Å²) in [4.78, 5) is 27.8. The van der Waals surface area contributed by atoms with E-state index in [4.69, 9.17) is 14.7 Å². The van der Waals surface area contributed by atoms with Crippen molar-refractivity contribution in [2.45, 2.75) is 29.9 Å². The molecule has 0 aliphatic carbocycles. The predicted molar refractivity (Wildman–Crippen MR) is 143 cm³/mol. The molecule has 1 amide bonds. The molecule has 0 radical (unpaired) electrons. The number of aryl methyl sites for hydroxylation is 1. The van der Waals surface area contributed by atoms with Gasteiger partial charge in [0.2, 0.25) is 11.8 Å². The van der Waals surface area contributed by atoms with E-state index in [2.05, 4.69) is 10.3 Å². The van der Waals surface area contributed by atoms with E-state index in [1.54, 1.807) is 18.0 Å². The van der Waals surface area contributed by atoms with Gasteiger partial charge in [-0.25, -0.2) is 4.98 Å². The fraction of sp³-hybridized carbons (Fsp3) is 0.185. The van der Waals surface area contributed by atoms with Crippen molar-refractivity contribution in [3.8, 4) is 23.0 Å². The van der Waals surface area contributed by atoms with E-state index in [-0.39, 0.29) is 18.3 Å². The van der Waals surface area contributed by atoms with Crippen LogP contribution in [-0.2, 0) is 17.8 Å². The first kappa shape index (κ1) is 24.3. The largest absolute Gasteiger partial charge is 0.436 e. The highest BCUT2D eigenvalue weighted by Crippen LogP contribution is 2.42. The second kappa shape index (κ2) is 10.7. The number of thioether (sulfide) groups is 2. The van der Waals surface area contributed by atoms with E-state index in [0.717, 1.165) is 33.0 Å². The Hall–Kier alpha value is -3.40. The van der Waals surface area contributed by atoms with Crippen molar-refractivity contribution < 1.29 is 14.6 Å². The van der Waals surface area contributed by atoms with Crippen LogP contribution in [0.1, 0.15) is 22.4 Å². The number of carbonyl (C=O) groups excluding carboxylic acids is 1. The van der Waals surface area contributed by atoms with Crippen LogP contribution in [0.5, 0.6) is 11.6 Å². The maximum Gasteiger partial charge on any atom is 0.234 e. The van der Waals surface area contributed by atoms with Gasteiger partial charge in [-0.05, 0) is 31.4 Å². The van der Waals surface area contributed by atoms with Gasteiger partial charge in [-0.15, -0.1) is 11.8 Å². The monoisotopic (exact) mass is 516 g/mol. The molecule has 1 aliphatic rings. The number of hydrogen-bond donors (Lipinski definition) is 2. The molecule has 0 fully saturated rings. The molecule has 7 nitrogen and oxygen atoms in total. The van der Waals surface area contributed by atoms with Crippen LogP contribution in [0.25, 0.3) is 11.4 Å². The lowest BCUT2D eigenvalue weighted by molar-refractivity contribution is -0.113. The summed E-state index contributed by atoms with van der Waals surface area (Å²) in [6.45, 7) is 1.73. The number of aliphatic hydroxyl groups is 1. The van der Waals surface area contributed by atoms with Gasteiger partial charge >= 0.3 is 0 Å². The number of aromatic nitrogens is 3. The number of carbonyl (C=O) groups is 1. The zero-order valence-electron chi connectivity index (χ0n) is 19.8. The Morgan fingerprint density at radius 2 is 1.94 bits per heavy atom. The van der Waals surface area contributed by atoms with Crippen LogP contribution < -0.4 is 10.1 Å². The average molecular weight is 517 g/mol. The van der Waals surface area contributed by atoms with Gasteiger partial charge in [-0.2, -0.15) is 4.98 Å². The Kier molecular flexibility index (Phi) is 7.22. The summed E-state index contributed by atoms with van der Waals surface area (Å²) in [5.74, 6) is 1.65. The molecule has 2 N–H and O–H groups in total. The topological polar surface area (TPSA) is 97.2 Å². The Labute approximate surface area is 217 Å². The SMILES string of the molecule is CSc1cccc(NC(=O)CSc2nc(-c3ccccc3)nc3c2Cc2c(CO)cnc(C)c2O3)c1. The molecule has 1 aliphatic heterocycles. The first-order chi connectivity index (χ1) is 17.6. The summed E-state index contributed by atoms with van der Waals surface area (Å²) in [5, 5.41) is 13.5. The van der Waals surface area contributed by atoms with Gasteiger partial charge in [0.25, 0.3) is 0 Å². The van der Waals surface area contributed by atoms with Gasteiger partial charge in [0.15, 0.2) is 11.6 Å². The van der Waals surface area contributed by atoms with E-state index in [1.807, 2.05) is 67.8 Å². The van der Waals surface area contributed by atoms with Crippen LogP contribution in [0.15, 0.2) is 70.7 Å². The fourth-order valence-corrected chi connectivity index (χ4v) is 5.25. The molecule has 0 bridgehead atoms. The van der Waals surface area contributed by atoms with Crippen molar-refractivity contribution in [1.82, 2.24) is 15.0 Å². The van der Waals surface area contributed by atoms with Gasteiger partial charge in [-0.1, -0.05) is 48.2 Å². The summed E-state index contributed by atoms with van der Waals surface area (Å²) in [6.07, 6.45) is 4.16. The highest BCUT2D eigenvalue weighted by molar-refractivity contribution is 8.00. The van der Waals surface area contributed by atoms with Gasteiger partial charge in [-0.3, -0.25) is 9.78 Å². The van der Waals surface area contributed by atoms with Gasteiger partial charge in [0.05, 0.1) is 23.6 Å². The number of fused-ring (bicyclic) bond motifs is 2. The van der Waals surface area contributed by atoms with Crippen molar-refractivity contribution in [2.75, 3.05) is 17.3 Å². The number of nitrogens with one attached hydrogen (secondary N) is 1. The molecule has 9 heteroatoms. The average Bonchev–Trinajstić information content (AvgIpc) is 2.91. The number of pyridine rings is 1. The van der Waals surface area contributed by atoms with E-state index >= 15 is 0 Å². The highest BCUT2D eigenvalue weighted by Gasteiger charge is 2.28. The molecule has 0 saturated heterocycles. The molecule has 0 atom stereocenters. The third kappa shape index (κ3) is 5.09. The van der Waals surface area contributed by atoms with Gasteiger partial charge in [0, 0.05) is 39.9 Å². The predicted octanol–water partition coefficient (Wildman–Crippen LogP) is 5.49. The van der Waals surface area contributed by atoms with Crippen LogP contribution >= 0.6 is 23.5 Å². The molecule has 0 spiro atoms. The van der Waals surface area contributed by atoms with Crippen LogP contribution in [0, 0.1) is 6.92 Å². The van der Waals surface area contributed by atoms with E-state index in [1.165, 1.54) is 11.8 Å². The number of amides is 1. The molecule has 4 aromatic rings. The van der Waals surface area contributed by atoms with E-state index in [9.17, 15) is 9.90 Å². The van der Waals surface area contributed by atoms with Crippen molar-refractivity contribution in [3.05, 3.63) is 83.2 Å². The van der Waals surface area contributed by atoms with Crippen LogP contribution in [0.4, 0.5) is 5.69 Å². The molecular formula is C27H24N4O3S2.